The Morgan fingerprint density at radius 1 is 1.00 bits per heavy atom. The fourth-order valence-corrected chi connectivity index (χ4v) is 5.26. The molecule has 158 valence electrons. The van der Waals surface area contributed by atoms with Gasteiger partial charge in [-0.15, -0.1) is 11.6 Å². The summed E-state index contributed by atoms with van der Waals surface area (Å²) in [6.45, 7) is 0. The highest BCUT2D eigenvalue weighted by molar-refractivity contribution is 7.91. The number of nitrogens with one attached hydrogen (secondary N) is 1. The molecule has 0 unspecified atom stereocenters. The lowest BCUT2D eigenvalue weighted by Gasteiger charge is -2.15. The number of carbonyl (C=O) groups is 1. The first-order chi connectivity index (χ1) is 14.0. The van der Waals surface area contributed by atoms with Crippen LogP contribution in [0.25, 0.3) is 10.8 Å². The number of halogens is 1. The van der Waals surface area contributed by atoms with E-state index in [1.54, 1.807) is 30.3 Å². The normalized spacial score (nSPS) is 12.1. The summed E-state index contributed by atoms with van der Waals surface area (Å²) < 4.78 is 57.7. The minimum Gasteiger partial charge on any atom is -0.507 e. The highest BCUT2D eigenvalue weighted by Crippen LogP contribution is 2.38. The quantitative estimate of drug-likeness (QED) is 0.372. The van der Waals surface area contributed by atoms with Gasteiger partial charge in [0.25, 0.3) is 16.0 Å². The third kappa shape index (κ3) is 4.41. The third-order valence-corrected chi connectivity index (χ3v) is 7.30. The molecule has 8 nitrogen and oxygen atoms in total. The number of phenolic OH excluding ortho intramolecular Hbond substituents is 1. The number of anilines is 1. The van der Waals surface area contributed by atoms with Crippen molar-refractivity contribution in [2.45, 2.75) is 9.79 Å². The van der Waals surface area contributed by atoms with Gasteiger partial charge in [0.1, 0.15) is 5.75 Å². The standard InChI is InChI=1S/C19H16ClNO7S2/c20-8-9-29(24,25)17-7-6-15(21-19(23)12-4-2-1-3-5-12)18-14(17)10-13(11-16(18)22)30(26,27)28/h1-7,10-11,22H,8-9H2,(H,21,23)(H,26,27,28). The van der Waals surface area contributed by atoms with E-state index in [0.29, 0.717) is 5.56 Å². The molecule has 0 aliphatic rings. The van der Waals surface area contributed by atoms with Gasteiger partial charge in [-0.2, -0.15) is 8.42 Å². The van der Waals surface area contributed by atoms with Gasteiger partial charge in [0, 0.05) is 28.3 Å². The number of hydrogen-bond donors (Lipinski definition) is 3. The molecule has 0 aliphatic heterocycles. The van der Waals surface area contributed by atoms with Crippen molar-refractivity contribution in [2.75, 3.05) is 16.9 Å². The van der Waals surface area contributed by atoms with E-state index in [2.05, 4.69) is 5.32 Å². The summed E-state index contributed by atoms with van der Waals surface area (Å²) >= 11 is 5.57. The van der Waals surface area contributed by atoms with Crippen molar-refractivity contribution in [3.63, 3.8) is 0 Å². The second kappa shape index (κ2) is 8.23. The van der Waals surface area contributed by atoms with E-state index in [1.807, 2.05) is 0 Å². The van der Waals surface area contributed by atoms with E-state index in [-0.39, 0.29) is 27.2 Å². The Bertz CT molecular complexity index is 1340. The highest BCUT2D eigenvalue weighted by Gasteiger charge is 2.24. The van der Waals surface area contributed by atoms with E-state index >= 15 is 0 Å². The molecule has 0 saturated heterocycles. The predicted molar refractivity (Wildman–Crippen MR) is 113 cm³/mol. The Hall–Kier alpha value is -2.66. The second-order valence-electron chi connectivity index (χ2n) is 6.28. The maximum Gasteiger partial charge on any atom is 0.294 e. The molecule has 11 heteroatoms. The zero-order valence-electron chi connectivity index (χ0n) is 15.2. The Labute approximate surface area is 177 Å². The van der Waals surface area contributed by atoms with Crippen molar-refractivity contribution in [3.8, 4) is 5.75 Å². The zero-order valence-corrected chi connectivity index (χ0v) is 17.6. The molecular weight excluding hydrogens is 454 g/mol. The van der Waals surface area contributed by atoms with Crippen LogP contribution in [-0.2, 0) is 20.0 Å². The van der Waals surface area contributed by atoms with E-state index < -0.39 is 42.3 Å². The molecule has 0 bridgehead atoms. The number of fused-ring (bicyclic) bond motifs is 1. The number of carbonyl (C=O) groups excluding carboxylic acids is 1. The molecule has 3 aromatic carbocycles. The highest BCUT2D eigenvalue weighted by atomic mass is 35.5. The number of alkyl halides is 1. The van der Waals surface area contributed by atoms with Crippen LogP contribution in [-0.4, -0.2) is 44.0 Å². The van der Waals surface area contributed by atoms with E-state index in [9.17, 15) is 31.3 Å². The SMILES string of the molecule is O=C(Nc1ccc(S(=O)(=O)CCCl)c2cc(S(=O)(=O)O)cc(O)c12)c1ccccc1. The zero-order chi connectivity index (χ0) is 22.1. The smallest absolute Gasteiger partial charge is 0.294 e. The average molecular weight is 470 g/mol. The molecular formula is C19H16ClNO7S2. The molecule has 0 fully saturated rings. The fraction of sp³-hybridized carbons (Fsp3) is 0.105. The summed E-state index contributed by atoms with van der Waals surface area (Å²) in [5.74, 6) is -1.80. The number of benzene rings is 3. The fourth-order valence-electron chi connectivity index (χ4n) is 2.93. The number of phenols is 1. The van der Waals surface area contributed by atoms with E-state index in [4.69, 9.17) is 11.6 Å². The average Bonchev–Trinajstić information content (AvgIpc) is 2.67. The largest absolute Gasteiger partial charge is 0.507 e. The van der Waals surface area contributed by atoms with Crippen LogP contribution in [0, 0.1) is 0 Å². The third-order valence-electron chi connectivity index (χ3n) is 4.29. The maximum absolute atomic E-state index is 12.6. The molecule has 0 radical (unpaired) electrons. The van der Waals surface area contributed by atoms with Crippen LogP contribution in [0.3, 0.4) is 0 Å². The monoisotopic (exact) mass is 469 g/mol. The first kappa shape index (κ1) is 22.0. The molecule has 0 spiro atoms. The summed E-state index contributed by atoms with van der Waals surface area (Å²) in [4.78, 5) is 11.5. The van der Waals surface area contributed by atoms with Gasteiger partial charge in [-0.25, -0.2) is 8.42 Å². The van der Waals surface area contributed by atoms with Crippen molar-refractivity contribution >= 4 is 53.9 Å². The Balaban J connectivity index is 2.27. The van der Waals surface area contributed by atoms with Crippen LogP contribution in [0.5, 0.6) is 5.75 Å². The van der Waals surface area contributed by atoms with Crippen LogP contribution < -0.4 is 5.32 Å². The Kier molecular flexibility index (Phi) is 6.04. The molecule has 0 atom stereocenters. The van der Waals surface area contributed by atoms with Crippen LogP contribution >= 0.6 is 11.6 Å². The molecule has 3 rings (SSSR count). The number of rotatable bonds is 6. The van der Waals surface area contributed by atoms with Gasteiger partial charge < -0.3 is 10.4 Å². The molecule has 0 aliphatic carbocycles. The van der Waals surface area contributed by atoms with E-state index in [1.165, 1.54) is 12.1 Å². The topological polar surface area (TPSA) is 138 Å². The van der Waals surface area contributed by atoms with Crippen molar-refractivity contribution < 1.29 is 31.3 Å². The molecule has 0 heterocycles. The predicted octanol–water partition coefficient (Wildman–Crippen LogP) is 3.06. The molecule has 3 aromatic rings. The van der Waals surface area contributed by atoms with Crippen molar-refractivity contribution in [1.82, 2.24) is 0 Å². The van der Waals surface area contributed by atoms with Crippen LogP contribution in [0.15, 0.2) is 64.4 Å². The minimum absolute atomic E-state index is 0.0584. The second-order valence-corrected chi connectivity index (χ2v) is 10.2. The van der Waals surface area contributed by atoms with Crippen LogP contribution in [0.2, 0.25) is 0 Å². The first-order valence-corrected chi connectivity index (χ1v) is 12.1. The van der Waals surface area contributed by atoms with Gasteiger partial charge in [-0.05, 0) is 30.3 Å². The molecule has 0 saturated carbocycles. The number of hydrogen-bond acceptors (Lipinski definition) is 6. The van der Waals surface area contributed by atoms with Gasteiger partial charge >= 0.3 is 0 Å². The van der Waals surface area contributed by atoms with E-state index in [0.717, 1.165) is 12.1 Å². The lowest BCUT2D eigenvalue weighted by molar-refractivity contribution is 0.102. The van der Waals surface area contributed by atoms with Gasteiger partial charge in [-0.3, -0.25) is 9.35 Å². The summed E-state index contributed by atoms with van der Waals surface area (Å²) in [5, 5.41) is 12.8. The lowest BCUT2D eigenvalue weighted by Crippen LogP contribution is -2.13. The van der Waals surface area contributed by atoms with Crippen LogP contribution in [0.4, 0.5) is 5.69 Å². The van der Waals surface area contributed by atoms with Gasteiger partial charge in [0.15, 0.2) is 9.84 Å². The summed E-state index contributed by atoms with van der Waals surface area (Å²) in [5.41, 5.74) is 0.376. The molecule has 3 N–H and O–H groups in total. The van der Waals surface area contributed by atoms with Gasteiger partial charge in [0.05, 0.1) is 21.2 Å². The summed E-state index contributed by atoms with van der Waals surface area (Å²) in [6, 6.07) is 12.3. The maximum atomic E-state index is 12.6. The lowest BCUT2D eigenvalue weighted by atomic mass is 10.1. The summed E-state index contributed by atoms with van der Waals surface area (Å²) in [6.07, 6.45) is 0. The van der Waals surface area contributed by atoms with Crippen molar-refractivity contribution in [1.29, 1.82) is 0 Å². The van der Waals surface area contributed by atoms with Crippen molar-refractivity contribution in [2.24, 2.45) is 0 Å². The Morgan fingerprint density at radius 3 is 2.27 bits per heavy atom. The molecule has 30 heavy (non-hydrogen) atoms. The van der Waals surface area contributed by atoms with Crippen molar-refractivity contribution in [3.05, 3.63) is 60.2 Å². The molecule has 1 amide bonds. The number of sulfone groups is 1. The van der Waals surface area contributed by atoms with Gasteiger partial charge in [-0.1, -0.05) is 18.2 Å². The molecule has 0 aromatic heterocycles. The minimum atomic E-state index is -4.74. The Morgan fingerprint density at radius 2 is 1.67 bits per heavy atom. The summed E-state index contributed by atoms with van der Waals surface area (Å²) in [7, 11) is -8.68. The number of aromatic hydroxyl groups is 1. The van der Waals surface area contributed by atoms with Crippen LogP contribution in [0.1, 0.15) is 10.4 Å². The van der Waals surface area contributed by atoms with Gasteiger partial charge in [0.2, 0.25) is 0 Å². The number of amides is 1. The first-order valence-electron chi connectivity index (χ1n) is 8.47.